The largest absolute Gasteiger partial charge is 0.497 e. The average Bonchev–Trinajstić information content (AvgIpc) is 2.68. The molecule has 0 saturated heterocycles. The zero-order valence-electron chi connectivity index (χ0n) is 15.0. The molecule has 0 atom stereocenters. The van der Waals surface area contributed by atoms with Gasteiger partial charge in [-0.15, -0.1) is 0 Å². The summed E-state index contributed by atoms with van der Waals surface area (Å²) in [7, 11) is 1.63. The van der Waals surface area contributed by atoms with Crippen molar-refractivity contribution < 1.29 is 18.8 Å². The molecule has 0 spiro atoms. The topological polar surface area (TPSA) is 39.4 Å². The van der Waals surface area contributed by atoms with Crippen molar-refractivity contribution in [3.8, 4) is 11.5 Å². The highest BCUT2D eigenvalue weighted by Crippen LogP contribution is 2.25. The van der Waals surface area contributed by atoms with Gasteiger partial charge in [-0.2, -0.15) is 0 Å². The van der Waals surface area contributed by atoms with Crippen LogP contribution in [0.15, 0.2) is 73.1 Å². The highest BCUT2D eigenvalue weighted by atomic mass is 16.5. The molecule has 0 fully saturated rings. The summed E-state index contributed by atoms with van der Waals surface area (Å²) in [4.78, 5) is 12.4. The zero-order valence-corrected chi connectivity index (χ0v) is 15.0. The van der Waals surface area contributed by atoms with Gasteiger partial charge in [0.15, 0.2) is 18.9 Å². The van der Waals surface area contributed by atoms with E-state index in [1.165, 1.54) is 0 Å². The maximum atomic E-state index is 12.4. The second-order valence-electron chi connectivity index (χ2n) is 6.09. The Kier molecular flexibility index (Phi) is 5.64. The minimum atomic E-state index is -0.358. The maximum Gasteiger partial charge on any atom is 0.343 e. The van der Waals surface area contributed by atoms with Crippen molar-refractivity contribution in [2.45, 2.75) is 19.9 Å². The van der Waals surface area contributed by atoms with Crippen LogP contribution in [0, 0.1) is 6.92 Å². The van der Waals surface area contributed by atoms with Gasteiger partial charge in [0.2, 0.25) is 0 Å². The number of hydrogen-bond acceptors (Lipinski definition) is 3. The Morgan fingerprint density at radius 3 is 2.42 bits per heavy atom. The molecule has 0 unspecified atom stereocenters. The maximum absolute atomic E-state index is 12.4. The summed E-state index contributed by atoms with van der Waals surface area (Å²) in [6.07, 6.45) is 4.75. The van der Waals surface area contributed by atoms with Crippen molar-refractivity contribution in [2.24, 2.45) is 0 Å². The fourth-order valence-corrected chi connectivity index (χ4v) is 2.66. The summed E-state index contributed by atoms with van der Waals surface area (Å²) < 4.78 is 13.1. The van der Waals surface area contributed by atoms with E-state index in [1.54, 1.807) is 31.4 Å². The summed E-state index contributed by atoms with van der Waals surface area (Å²) in [6, 6.07) is 18.8. The number of carbonyl (C=O) groups is 1. The Morgan fingerprint density at radius 1 is 1.00 bits per heavy atom. The van der Waals surface area contributed by atoms with E-state index < -0.39 is 0 Å². The normalized spacial score (nSPS) is 10.4. The lowest BCUT2D eigenvalue weighted by Crippen LogP contribution is -2.33. The van der Waals surface area contributed by atoms with Crippen molar-refractivity contribution in [1.82, 2.24) is 0 Å². The minimum absolute atomic E-state index is 0.358. The van der Waals surface area contributed by atoms with E-state index in [1.807, 2.05) is 55.7 Å². The van der Waals surface area contributed by atoms with Crippen LogP contribution in [0.2, 0.25) is 0 Å². The van der Waals surface area contributed by atoms with Gasteiger partial charge in [0.25, 0.3) is 0 Å². The second-order valence-corrected chi connectivity index (χ2v) is 6.09. The van der Waals surface area contributed by atoms with Crippen LogP contribution in [0.4, 0.5) is 0 Å². The molecule has 0 bridgehead atoms. The predicted molar refractivity (Wildman–Crippen MR) is 99.5 cm³/mol. The van der Waals surface area contributed by atoms with Crippen molar-refractivity contribution in [3.63, 3.8) is 0 Å². The van der Waals surface area contributed by atoms with Crippen LogP contribution in [0.1, 0.15) is 21.5 Å². The van der Waals surface area contributed by atoms with E-state index in [9.17, 15) is 4.79 Å². The van der Waals surface area contributed by atoms with Gasteiger partial charge in [-0.1, -0.05) is 23.8 Å². The molecule has 0 radical (unpaired) electrons. The first-order valence-corrected chi connectivity index (χ1v) is 8.55. The fourth-order valence-electron chi connectivity index (χ4n) is 2.66. The molecule has 1 aromatic heterocycles. The van der Waals surface area contributed by atoms with Gasteiger partial charge in [-0.3, -0.25) is 0 Å². The number of ether oxygens (including phenoxy) is 2. The van der Waals surface area contributed by atoms with E-state index in [4.69, 9.17) is 9.47 Å². The third-order valence-corrected chi connectivity index (χ3v) is 4.17. The van der Waals surface area contributed by atoms with Crippen LogP contribution in [-0.2, 0) is 13.0 Å². The molecule has 4 nitrogen and oxygen atoms in total. The SMILES string of the molecule is COc1ccc(OC(=O)c2ccc(C)cc2)c(CC[n+]2ccccc2)c1. The quantitative estimate of drug-likeness (QED) is 0.387. The summed E-state index contributed by atoms with van der Waals surface area (Å²) in [5, 5.41) is 0. The first-order chi connectivity index (χ1) is 12.7. The van der Waals surface area contributed by atoms with Crippen molar-refractivity contribution in [3.05, 3.63) is 89.7 Å². The van der Waals surface area contributed by atoms with Crippen LogP contribution in [0.5, 0.6) is 11.5 Å². The number of hydrogen-bond donors (Lipinski definition) is 0. The lowest BCUT2D eigenvalue weighted by Gasteiger charge is -2.11. The predicted octanol–water partition coefficient (Wildman–Crippen LogP) is 3.75. The van der Waals surface area contributed by atoms with Crippen molar-refractivity contribution in [1.29, 1.82) is 0 Å². The molecular weight excluding hydrogens is 326 g/mol. The number of methoxy groups -OCH3 is 1. The van der Waals surface area contributed by atoms with Gasteiger partial charge in [0, 0.05) is 24.1 Å². The highest BCUT2D eigenvalue weighted by molar-refractivity contribution is 5.91. The Bertz CT molecular complexity index is 874. The van der Waals surface area contributed by atoms with E-state index in [0.29, 0.717) is 11.3 Å². The number of carbonyl (C=O) groups excluding carboxylic acids is 1. The van der Waals surface area contributed by atoms with Gasteiger partial charge in [-0.25, -0.2) is 9.36 Å². The van der Waals surface area contributed by atoms with Crippen LogP contribution in [-0.4, -0.2) is 13.1 Å². The molecule has 3 aromatic rings. The molecule has 0 aliphatic heterocycles. The molecule has 0 saturated carbocycles. The third kappa shape index (κ3) is 4.48. The lowest BCUT2D eigenvalue weighted by molar-refractivity contribution is -0.696. The fraction of sp³-hybridized carbons (Fsp3) is 0.182. The van der Waals surface area contributed by atoms with Crippen LogP contribution in [0.25, 0.3) is 0 Å². The number of aromatic nitrogens is 1. The molecule has 1 heterocycles. The minimum Gasteiger partial charge on any atom is -0.497 e. The third-order valence-electron chi connectivity index (χ3n) is 4.17. The van der Waals surface area contributed by atoms with E-state index >= 15 is 0 Å². The van der Waals surface area contributed by atoms with E-state index in [-0.39, 0.29) is 5.97 Å². The number of aryl methyl sites for hydroxylation is 3. The van der Waals surface area contributed by atoms with Crippen molar-refractivity contribution in [2.75, 3.05) is 7.11 Å². The molecule has 0 amide bonds. The van der Waals surface area contributed by atoms with Gasteiger partial charge < -0.3 is 9.47 Å². The first-order valence-electron chi connectivity index (χ1n) is 8.55. The monoisotopic (exact) mass is 348 g/mol. The van der Waals surface area contributed by atoms with E-state index in [0.717, 1.165) is 29.8 Å². The standard InChI is InChI=1S/C22H22NO3/c1-17-6-8-18(9-7-17)22(24)26-21-11-10-20(25-2)16-19(21)12-15-23-13-4-3-5-14-23/h3-11,13-14,16H,12,15H2,1-2H3/q+1. The molecule has 4 heteroatoms. The Hall–Kier alpha value is -3.14. The lowest BCUT2D eigenvalue weighted by atomic mass is 10.1. The summed E-state index contributed by atoms with van der Waals surface area (Å²) in [5.74, 6) is 0.949. The van der Waals surface area contributed by atoms with Gasteiger partial charge >= 0.3 is 5.97 Å². The van der Waals surface area contributed by atoms with Gasteiger partial charge in [-0.05, 0) is 37.3 Å². The number of rotatable bonds is 6. The summed E-state index contributed by atoms with van der Waals surface area (Å²) in [5.41, 5.74) is 2.57. The smallest absolute Gasteiger partial charge is 0.343 e. The highest BCUT2D eigenvalue weighted by Gasteiger charge is 2.14. The molecule has 2 aromatic carbocycles. The van der Waals surface area contributed by atoms with Gasteiger partial charge in [0.1, 0.15) is 11.5 Å². The first kappa shape index (κ1) is 17.7. The Morgan fingerprint density at radius 2 is 1.73 bits per heavy atom. The number of benzene rings is 2. The molecule has 0 N–H and O–H groups in total. The molecule has 26 heavy (non-hydrogen) atoms. The molecule has 0 aliphatic carbocycles. The Balaban J connectivity index is 1.79. The van der Waals surface area contributed by atoms with Crippen molar-refractivity contribution >= 4 is 5.97 Å². The molecule has 3 rings (SSSR count). The summed E-state index contributed by atoms with van der Waals surface area (Å²) in [6.45, 7) is 2.76. The Labute approximate surface area is 153 Å². The average molecular weight is 348 g/mol. The molecule has 0 aliphatic rings. The zero-order chi connectivity index (χ0) is 18.4. The molecule has 132 valence electrons. The van der Waals surface area contributed by atoms with Crippen LogP contribution < -0.4 is 14.0 Å². The second kappa shape index (κ2) is 8.30. The van der Waals surface area contributed by atoms with E-state index in [2.05, 4.69) is 4.57 Å². The number of pyridine rings is 1. The molecular formula is C22H22NO3+. The summed E-state index contributed by atoms with van der Waals surface area (Å²) >= 11 is 0. The number of nitrogens with zero attached hydrogens (tertiary/aromatic N) is 1. The number of esters is 1. The van der Waals surface area contributed by atoms with Gasteiger partial charge in [0.05, 0.1) is 12.7 Å². The van der Waals surface area contributed by atoms with Crippen LogP contribution in [0.3, 0.4) is 0 Å². The van der Waals surface area contributed by atoms with Crippen LogP contribution >= 0.6 is 0 Å².